The van der Waals surface area contributed by atoms with Crippen molar-refractivity contribution in [2.45, 2.75) is 39.2 Å². The molecule has 0 saturated carbocycles. The van der Waals surface area contributed by atoms with Crippen LogP contribution in [0.3, 0.4) is 0 Å². The smallest absolute Gasteiger partial charge is 0.312 e. The van der Waals surface area contributed by atoms with Crippen LogP contribution in [0.2, 0.25) is 0 Å². The Morgan fingerprint density at radius 1 is 1.33 bits per heavy atom. The Morgan fingerprint density at radius 3 is 2.81 bits per heavy atom. The normalized spacial score (nSPS) is 18.4. The zero-order chi connectivity index (χ0) is 15.4. The molecular weight excluding hydrogens is 266 g/mol. The van der Waals surface area contributed by atoms with Gasteiger partial charge in [-0.15, -0.1) is 0 Å². The molecule has 5 heteroatoms. The molecule has 114 valence electrons. The monoisotopic (exact) mass is 289 g/mol. The summed E-state index contributed by atoms with van der Waals surface area (Å²) >= 11 is 0. The van der Waals surface area contributed by atoms with Crippen LogP contribution in [0.15, 0.2) is 18.2 Å². The van der Waals surface area contributed by atoms with Crippen LogP contribution in [-0.2, 0) is 0 Å². The lowest BCUT2D eigenvalue weighted by Crippen LogP contribution is -2.50. The number of nitrogens with one attached hydrogen (secondary N) is 1. The highest BCUT2D eigenvalue weighted by Crippen LogP contribution is 2.22. The van der Waals surface area contributed by atoms with Crippen LogP contribution in [0, 0.1) is 13.8 Å². The van der Waals surface area contributed by atoms with Gasteiger partial charge in [0.15, 0.2) is 0 Å². The van der Waals surface area contributed by atoms with Gasteiger partial charge in [0.25, 0.3) is 5.91 Å². The molecule has 1 heterocycles. The largest absolute Gasteiger partial charge is 0.352 e. The number of carbonyl (C=O) groups excluding carboxylic acids is 2. The van der Waals surface area contributed by atoms with Crippen LogP contribution >= 0.6 is 0 Å². The van der Waals surface area contributed by atoms with Gasteiger partial charge in [-0.05, 0) is 50.3 Å². The van der Waals surface area contributed by atoms with Gasteiger partial charge in [0.05, 0.1) is 0 Å². The van der Waals surface area contributed by atoms with Gasteiger partial charge in [0.2, 0.25) is 0 Å². The quantitative estimate of drug-likeness (QED) is 0.892. The third kappa shape index (κ3) is 3.54. The van der Waals surface area contributed by atoms with Crippen LogP contribution in [0.1, 0.15) is 40.7 Å². The molecule has 0 aromatic heterocycles. The first-order valence-corrected chi connectivity index (χ1v) is 7.41. The molecule has 21 heavy (non-hydrogen) atoms. The fourth-order valence-electron chi connectivity index (χ4n) is 2.84. The van der Waals surface area contributed by atoms with Crippen molar-refractivity contribution < 1.29 is 9.59 Å². The van der Waals surface area contributed by atoms with Crippen molar-refractivity contribution in [1.29, 1.82) is 0 Å². The molecule has 3 N–H and O–H groups in total. The lowest BCUT2D eigenvalue weighted by atomic mass is 9.98. The molecule has 1 fully saturated rings. The molecule has 1 saturated heterocycles. The van der Waals surface area contributed by atoms with Crippen molar-refractivity contribution in [2.24, 2.45) is 5.73 Å². The van der Waals surface area contributed by atoms with Crippen molar-refractivity contribution >= 4 is 11.9 Å². The van der Waals surface area contributed by atoms with Gasteiger partial charge in [-0.2, -0.15) is 0 Å². The average Bonchev–Trinajstić information content (AvgIpc) is 2.47. The van der Waals surface area contributed by atoms with E-state index in [0.29, 0.717) is 6.54 Å². The summed E-state index contributed by atoms with van der Waals surface area (Å²) in [5.74, 6) is 0.0483. The van der Waals surface area contributed by atoms with Crippen molar-refractivity contribution in [3.63, 3.8) is 0 Å². The van der Waals surface area contributed by atoms with Gasteiger partial charge >= 0.3 is 6.03 Å². The topological polar surface area (TPSA) is 75.4 Å². The minimum Gasteiger partial charge on any atom is -0.352 e. The van der Waals surface area contributed by atoms with Gasteiger partial charge in [0.1, 0.15) is 0 Å². The lowest BCUT2D eigenvalue weighted by Gasteiger charge is -2.36. The highest BCUT2D eigenvalue weighted by atomic mass is 16.2. The predicted octanol–water partition coefficient (Wildman–Crippen LogP) is 1.97. The summed E-state index contributed by atoms with van der Waals surface area (Å²) in [6.07, 6.45) is 2.97. The number of aryl methyl sites for hydroxylation is 1. The van der Waals surface area contributed by atoms with Crippen LogP contribution in [0.4, 0.5) is 4.79 Å². The number of hydrogen-bond donors (Lipinski definition) is 2. The first-order chi connectivity index (χ1) is 10.0. The molecule has 1 atom stereocenters. The van der Waals surface area contributed by atoms with E-state index in [1.807, 2.05) is 36.9 Å². The second-order valence-electron chi connectivity index (χ2n) is 5.64. The number of amides is 3. The molecule has 0 bridgehead atoms. The number of primary amides is 1. The Bertz CT molecular complexity index is 542. The molecule has 1 aliphatic rings. The third-order valence-corrected chi connectivity index (χ3v) is 4.23. The second kappa shape index (κ2) is 6.61. The molecule has 1 unspecified atom stereocenters. The van der Waals surface area contributed by atoms with Crippen molar-refractivity contribution in [3.8, 4) is 0 Å². The van der Waals surface area contributed by atoms with Crippen LogP contribution < -0.4 is 11.1 Å². The maximum atomic E-state index is 12.8. The minimum atomic E-state index is -0.542. The van der Waals surface area contributed by atoms with Crippen LogP contribution in [0.25, 0.3) is 0 Å². The molecule has 1 aliphatic heterocycles. The Kier molecular flexibility index (Phi) is 4.83. The number of hydrogen-bond acceptors (Lipinski definition) is 2. The van der Waals surface area contributed by atoms with E-state index in [0.717, 1.165) is 42.5 Å². The van der Waals surface area contributed by atoms with Gasteiger partial charge in [-0.25, -0.2) is 4.79 Å². The van der Waals surface area contributed by atoms with Gasteiger partial charge in [0, 0.05) is 24.7 Å². The van der Waals surface area contributed by atoms with Crippen LogP contribution in [-0.4, -0.2) is 36.0 Å². The summed E-state index contributed by atoms with van der Waals surface area (Å²) in [4.78, 5) is 25.6. The summed E-state index contributed by atoms with van der Waals surface area (Å²) in [5.41, 5.74) is 8.02. The predicted molar refractivity (Wildman–Crippen MR) is 82.2 cm³/mol. The fraction of sp³-hybridized carbons (Fsp3) is 0.500. The summed E-state index contributed by atoms with van der Waals surface area (Å²) in [5, 5.41) is 2.62. The standard InChI is InChI=1S/C16H23N3O2/c1-11-6-5-8-14(12(11)2)15(20)19-9-4-3-7-13(19)10-18-16(17)21/h5-6,8,13H,3-4,7,9-10H2,1-2H3,(H3,17,18,21). The fourth-order valence-corrected chi connectivity index (χ4v) is 2.84. The Labute approximate surface area is 125 Å². The minimum absolute atomic E-state index is 0.0265. The number of nitrogens with zero attached hydrogens (tertiary/aromatic N) is 1. The summed E-state index contributed by atoms with van der Waals surface area (Å²) < 4.78 is 0. The van der Waals surface area contributed by atoms with E-state index in [9.17, 15) is 9.59 Å². The summed E-state index contributed by atoms with van der Waals surface area (Å²) in [6.45, 7) is 5.14. The molecule has 0 radical (unpaired) electrons. The number of nitrogens with two attached hydrogens (primary N) is 1. The lowest BCUT2D eigenvalue weighted by molar-refractivity contribution is 0.0614. The molecule has 1 aromatic rings. The SMILES string of the molecule is Cc1cccc(C(=O)N2CCCCC2CNC(N)=O)c1C. The highest BCUT2D eigenvalue weighted by molar-refractivity contribution is 5.96. The third-order valence-electron chi connectivity index (χ3n) is 4.23. The first kappa shape index (κ1) is 15.4. The molecule has 3 amide bonds. The number of rotatable bonds is 3. The maximum Gasteiger partial charge on any atom is 0.312 e. The molecule has 5 nitrogen and oxygen atoms in total. The van der Waals surface area contributed by atoms with E-state index in [4.69, 9.17) is 5.73 Å². The maximum absolute atomic E-state index is 12.8. The van der Waals surface area contributed by atoms with Crippen LogP contribution in [0.5, 0.6) is 0 Å². The van der Waals surface area contributed by atoms with E-state index >= 15 is 0 Å². The summed E-state index contributed by atoms with van der Waals surface area (Å²) in [7, 11) is 0. The number of likely N-dealkylation sites (tertiary alicyclic amines) is 1. The van der Waals surface area contributed by atoms with Gasteiger partial charge < -0.3 is 16.0 Å². The van der Waals surface area contributed by atoms with E-state index in [1.165, 1.54) is 0 Å². The zero-order valence-electron chi connectivity index (χ0n) is 12.7. The molecule has 2 rings (SSSR count). The second-order valence-corrected chi connectivity index (χ2v) is 5.64. The van der Waals surface area contributed by atoms with E-state index < -0.39 is 6.03 Å². The number of carbonyl (C=O) groups is 2. The average molecular weight is 289 g/mol. The highest BCUT2D eigenvalue weighted by Gasteiger charge is 2.28. The van der Waals surface area contributed by atoms with Gasteiger partial charge in [-0.1, -0.05) is 12.1 Å². The van der Waals surface area contributed by atoms with Crippen molar-refractivity contribution in [3.05, 3.63) is 34.9 Å². The van der Waals surface area contributed by atoms with E-state index in [2.05, 4.69) is 5.32 Å². The summed E-state index contributed by atoms with van der Waals surface area (Å²) in [6, 6.07) is 5.28. The zero-order valence-corrected chi connectivity index (χ0v) is 12.7. The molecular formula is C16H23N3O2. The number of piperidine rings is 1. The van der Waals surface area contributed by atoms with Crippen molar-refractivity contribution in [2.75, 3.05) is 13.1 Å². The Balaban J connectivity index is 2.18. The van der Waals surface area contributed by atoms with E-state index in [1.54, 1.807) is 0 Å². The van der Waals surface area contributed by atoms with Gasteiger partial charge in [-0.3, -0.25) is 4.79 Å². The molecule has 1 aromatic carbocycles. The Morgan fingerprint density at radius 2 is 2.10 bits per heavy atom. The number of benzene rings is 1. The van der Waals surface area contributed by atoms with E-state index in [-0.39, 0.29) is 11.9 Å². The Hall–Kier alpha value is -2.04. The molecule has 0 aliphatic carbocycles. The van der Waals surface area contributed by atoms with Crippen molar-refractivity contribution in [1.82, 2.24) is 10.2 Å². The number of urea groups is 1. The molecule has 0 spiro atoms. The first-order valence-electron chi connectivity index (χ1n) is 7.41.